The van der Waals surface area contributed by atoms with Gasteiger partial charge in [-0.2, -0.15) is 4.31 Å². The second kappa shape index (κ2) is 14.2. The Morgan fingerprint density at radius 2 is 1.88 bits per heavy atom. The van der Waals surface area contributed by atoms with Crippen molar-refractivity contribution in [3.05, 3.63) is 53.8 Å². The number of benzene rings is 2. The number of fused-ring (bicyclic) bond motifs is 1. The molecule has 3 rings (SSSR count). The van der Waals surface area contributed by atoms with Crippen molar-refractivity contribution in [2.45, 2.75) is 50.2 Å². The summed E-state index contributed by atoms with van der Waals surface area (Å²) in [6, 6.07) is 9.21. The van der Waals surface area contributed by atoms with Crippen LogP contribution in [0.25, 0.3) is 0 Å². The van der Waals surface area contributed by atoms with Gasteiger partial charge in [0.2, 0.25) is 21.8 Å². The molecule has 41 heavy (non-hydrogen) atoms. The Kier molecular flexibility index (Phi) is 11.3. The van der Waals surface area contributed by atoms with E-state index >= 15 is 0 Å². The summed E-state index contributed by atoms with van der Waals surface area (Å²) in [7, 11) is 1.36. The minimum absolute atomic E-state index is 0.0207. The zero-order valence-corrected chi connectivity index (χ0v) is 25.2. The molecule has 1 aliphatic heterocycles. The third kappa shape index (κ3) is 8.71. The van der Waals surface area contributed by atoms with E-state index in [9.17, 15) is 27.5 Å². The Morgan fingerprint density at radius 1 is 1.20 bits per heavy atom. The highest BCUT2D eigenvalue weighted by Gasteiger charge is 2.33. The zero-order chi connectivity index (χ0) is 30.3. The molecule has 0 aliphatic carbocycles. The predicted molar refractivity (Wildman–Crippen MR) is 155 cm³/mol. The molecule has 0 radical (unpaired) electrons. The van der Waals surface area contributed by atoms with E-state index in [4.69, 9.17) is 4.74 Å². The summed E-state index contributed by atoms with van der Waals surface area (Å²) in [5, 5.41) is 12.7. The molecule has 10 nitrogen and oxygen atoms in total. The van der Waals surface area contributed by atoms with Gasteiger partial charge in [-0.3, -0.25) is 9.59 Å². The van der Waals surface area contributed by atoms with Gasteiger partial charge in [0.25, 0.3) is 0 Å². The van der Waals surface area contributed by atoms with Gasteiger partial charge in [0, 0.05) is 37.2 Å². The lowest BCUT2D eigenvalue weighted by molar-refractivity contribution is -0.134. The van der Waals surface area contributed by atoms with Crippen LogP contribution in [0.4, 0.5) is 10.1 Å². The van der Waals surface area contributed by atoms with Crippen molar-refractivity contribution in [2.24, 2.45) is 5.92 Å². The molecular weight excluding hydrogens is 551 g/mol. The summed E-state index contributed by atoms with van der Waals surface area (Å²) >= 11 is 0. The van der Waals surface area contributed by atoms with Crippen molar-refractivity contribution in [2.75, 3.05) is 52.7 Å². The Balaban J connectivity index is 1.90. The highest BCUT2D eigenvalue weighted by Crippen LogP contribution is 2.30. The Hall–Kier alpha value is -3.06. The Labute approximate surface area is 242 Å². The van der Waals surface area contributed by atoms with Crippen LogP contribution in [-0.4, -0.2) is 99.0 Å². The molecule has 2 amide bonds. The number of aliphatic hydroxyl groups excluding tert-OH is 1. The van der Waals surface area contributed by atoms with Crippen LogP contribution in [0.3, 0.4) is 0 Å². The van der Waals surface area contributed by atoms with E-state index in [1.54, 1.807) is 30.0 Å². The smallest absolute Gasteiger partial charge is 0.242 e. The Morgan fingerprint density at radius 3 is 2.51 bits per heavy atom. The predicted octanol–water partition coefficient (Wildman–Crippen LogP) is 2.58. The largest absolute Gasteiger partial charge is 0.488 e. The molecular formula is C29H41FN4O6S. The van der Waals surface area contributed by atoms with Gasteiger partial charge in [0.15, 0.2) is 0 Å². The number of nitrogens with one attached hydrogen (secondary N) is 1. The molecule has 2 N–H and O–H groups in total. The van der Waals surface area contributed by atoms with Crippen LogP contribution in [0.15, 0.2) is 47.4 Å². The van der Waals surface area contributed by atoms with Crippen molar-refractivity contribution in [3.8, 4) is 5.75 Å². The van der Waals surface area contributed by atoms with E-state index in [2.05, 4.69) is 5.32 Å². The molecule has 3 atom stereocenters. The highest BCUT2D eigenvalue weighted by molar-refractivity contribution is 7.89. The molecule has 0 aromatic heterocycles. The van der Waals surface area contributed by atoms with Gasteiger partial charge in [-0.05, 0) is 76.4 Å². The lowest BCUT2D eigenvalue weighted by atomic mass is 10.0. The lowest BCUT2D eigenvalue weighted by Gasteiger charge is -2.33. The first kappa shape index (κ1) is 32.5. The Bertz CT molecular complexity index is 1300. The van der Waals surface area contributed by atoms with E-state index in [0.717, 1.165) is 23.0 Å². The fraction of sp³-hybridized carbons (Fsp3) is 0.517. The van der Waals surface area contributed by atoms with Crippen LogP contribution in [-0.2, 0) is 26.0 Å². The average Bonchev–Trinajstić information content (AvgIpc) is 2.95. The number of rotatable bonds is 11. The maximum Gasteiger partial charge on any atom is 0.242 e. The number of halogens is 1. The quantitative estimate of drug-likeness (QED) is 0.412. The van der Waals surface area contributed by atoms with Crippen molar-refractivity contribution in [1.82, 2.24) is 14.1 Å². The third-order valence-corrected chi connectivity index (χ3v) is 9.01. The van der Waals surface area contributed by atoms with E-state index in [1.807, 2.05) is 25.9 Å². The number of aliphatic hydroxyl groups is 1. The fourth-order valence-corrected chi connectivity index (χ4v) is 5.83. The van der Waals surface area contributed by atoms with Crippen LogP contribution in [0, 0.1) is 11.7 Å². The van der Waals surface area contributed by atoms with Crippen molar-refractivity contribution in [3.63, 3.8) is 0 Å². The fourth-order valence-electron chi connectivity index (χ4n) is 4.64. The average molecular weight is 593 g/mol. The van der Waals surface area contributed by atoms with Gasteiger partial charge in [0.05, 0.1) is 30.5 Å². The monoisotopic (exact) mass is 592 g/mol. The van der Waals surface area contributed by atoms with Gasteiger partial charge in [0.1, 0.15) is 17.7 Å². The number of hydrogen-bond donors (Lipinski definition) is 2. The van der Waals surface area contributed by atoms with E-state index < -0.39 is 28.0 Å². The number of carbonyl (C=O) groups is 2. The summed E-state index contributed by atoms with van der Waals surface area (Å²) < 4.78 is 47.4. The van der Waals surface area contributed by atoms with E-state index in [1.165, 1.54) is 19.2 Å². The second-order valence-corrected chi connectivity index (χ2v) is 12.9. The number of hydrogen-bond acceptors (Lipinski definition) is 7. The first-order valence-electron chi connectivity index (χ1n) is 13.7. The molecule has 0 spiro atoms. The lowest BCUT2D eigenvalue weighted by Crippen LogP contribution is -2.48. The number of sulfonamides is 1. The zero-order valence-electron chi connectivity index (χ0n) is 24.3. The number of anilines is 1. The first-order chi connectivity index (χ1) is 19.3. The molecule has 0 bridgehead atoms. The van der Waals surface area contributed by atoms with Crippen LogP contribution in [0.2, 0.25) is 0 Å². The number of nitrogens with zero attached hydrogens (tertiary/aromatic N) is 3. The van der Waals surface area contributed by atoms with Crippen molar-refractivity contribution < 1.29 is 32.2 Å². The minimum atomic E-state index is -3.95. The van der Waals surface area contributed by atoms with Gasteiger partial charge >= 0.3 is 0 Å². The van der Waals surface area contributed by atoms with Crippen LogP contribution in [0.5, 0.6) is 5.75 Å². The third-order valence-electron chi connectivity index (χ3n) is 7.17. The summed E-state index contributed by atoms with van der Waals surface area (Å²) in [6.07, 6.45) is 0.362. The van der Waals surface area contributed by atoms with Crippen molar-refractivity contribution in [1.29, 1.82) is 0 Å². The summed E-state index contributed by atoms with van der Waals surface area (Å²) in [5.74, 6) is -0.807. The highest BCUT2D eigenvalue weighted by atomic mass is 32.2. The molecule has 0 fully saturated rings. The molecule has 0 saturated heterocycles. The van der Waals surface area contributed by atoms with Crippen LogP contribution in [0.1, 0.15) is 32.3 Å². The number of carbonyl (C=O) groups excluding carboxylic acids is 2. The molecule has 0 saturated carbocycles. The van der Waals surface area contributed by atoms with Crippen LogP contribution < -0.4 is 10.1 Å². The second-order valence-electron chi connectivity index (χ2n) is 10.9. The summed E-state index contributed by atoms with van der Waals surface area (Å²) in [4.78, 5) is 29.4. The number of likely N-dealkylation sites (N-methyl/N-ethyl adjacent to an activating group) is 1. The standard InChI is InChI=1S/C29H41FN4O6S/c1-20-17-34(21(2)19-35)29(37)16-22-15-24(31-28(36)7-6-14-32(3)4)10-13-26(22)40-27(20)18-33(5)41(38,39)25-11-8-23(30)9-12-25/h8-13,15,20-21,27,35H,6-7,14,16-19H2,1-5H3,(H,31,36)/t20-,21+,27-/m1/s1. The number of ether oxygens (including phenoxy) is 1. The normalized spacial score (nSPS) is 18.8. The molecule has 2 aromatic rings. The molecule has 226 valence electrons. The maximum absolute atomic E-state index is 13.4. The molecule has 12 heteroatoms. The summed E-state index contributed by atoms with van der Waals surface area (Å²) in [5.41, 5.74) is 1.07. The number of amides is 2. The maximum atomic E-state index is 13.4. The van der Waals surface area contributed by atoms with Crippen LogP contribution >= 0.6 is 0 Å². The van der Waals surface area contributed by atoms with Gasteiger partial charge in [-0.25, -0.2) is 12.8 Å². The topological polar surface area (TPSA) is 119 Å². The van der Waals surface area contributed by atoms with E-state index in [-0.39, 0.29) is 48.7 Å². The van der Waals surface area contributed by atoms with Crippen molar-refractivity contribution >= 4 is 27.5 Å². The van der Waals surface area contributed by atoms with Gasteiger partial charge in [-0.1, -0.05) is 6.92 Å². The molecule has 1 aliphatic rings. The molecule has 1 heterocycles. The minimum Gasteiger partial charge on any atom is -0.488 e. The molecule has 2 aromatic carbocycles. The molecule has 0 unspecified atom stereocenters. The summed E-state index contributed by atoms with van der Waals surface area (Å²) in [6.45, 7) is 4.34. The first-order valence-corrected chi connectivity index (χ1v) is 15.1. The van der Waals surface area contributed by atoms with Gasteiger partial charge in [-0.15, -0.1) is 0 Å². The van der Waals surface area contributed by atoms with E-state index in [0.29, 0.717) is 29.8 Å². The van der Waals surface area contributed by atoms with Gasteiger partial charge < -0.3 is 25.0 Å². The SMILES string of the molecule is C[C@@H]1CN([C@@H](C)CO)C(=O)Cc2cc(NC(=O)CCCN(C)C)ccc2O[C@@H]1CN(C)S(=O)(=O)c1ccc(F)cc1.